The quantitative estimate of drug-likeness (QED) is 0.796. The normalized spacial score (nSPS) is 18.8. The van der Waals surface area contributed by atoms with Crippen LogP contribution in [0.5, 0.6) is 0 Å². The van der Waals surface area contributed by atoms with Crippen molar-refractivity contribution >= 4 is 0 Å². The molecule has 1 aromatic carbocycles. The molecule has 136 valence electrons. The maximum atomic E-state index is 13.0. The first-order valence-corrected chi connectivity index (χ1v) is 8.86. The average Bonchev–Trinajstić information content (AvgIpc) is 3.17. The van der Waals surface area contributed by atoms with Crippen LogP contribution >= 0.6 is 0 Å². The van der Waals surface area contributed by atoms with Gasteiger partial charge >= 0.3 is 0 Å². The lowest BCUT2D eigenvalue weighted by atomic mass is 10.1. The molecule has 5 nitrogen and oxygen atoms in total. The van der Waals surface area contributed by atoms with Crippen LogP contribution in [-0.2, 0) is 11.2 Å². The van der Waals surface area contributed by atoms with Crippen molar-refractivity contribution in [2.45, 2.75) is 51.7 Å². The van der Waals surface area contributed by atoms with Gasteiger partial charge in [-0.1, -0.05) is 17.3 Å². The molecule has 2 aromatic rings. The molecular formula is C19H26FN3O2. The van der Waals surface area contributed by atoms with Crippen LogP contribution in [0.1, 0.15) is 56.9 Å². The van der Waals surface area contributed by atoms with Crippen molar-refractivity contribution in [3.8, 4) is 0 Å². The molecule has 0 aliphatic carbocycles. The Morgan fingerprint density at radius 1 is 1.28 bits per heavy atom. The second-order valence-electron chi connectivity index (χ2n) is 7.51. The Morgan fingerprint density at radius 2 is 2.04 bits per heavy atom. The molecule has 25 heavy (non-hydrogen) atoms. The van der Waals surface area contributed by atoms with Crippen LogP contribution in [0.3, 0.4) is 0 Å². The summed E-state index contributed by atoms with van der Waals surface area (Å²) in [5.74, 6) is 1.07. The van der Waals surface area contributed by atoms with Gasteiger partial charge in [0.05, 0.1) is 18.2 Å². The monoisotopic (exact) mass is 347 g/mol. The fourth-order valence-corrected chi connectivity index (χ4v) is 3.10. The smallest absolute Gasteiger partial charge is 0.244 e. The number of benzene rings is 1. The molecule has 0 N–H and O–H groups in total. The molecule has 1 aliphatic heterocycles. The zero-order chi connectivity index (χ0) is 17.9. The third kappa shape index (κ3) is 5.09. The topological polar surface area (TPSA) is 51.4 Å². The number of halogens is 1. The minimum Gasteiger partial charge on any atom is -0.375 e. The summed E-state index contributed by atoms with van der Waals surface area (Å²) in [6, 6.07) is 6.56. The van der Waals surface area contributed by atoms with E-state index in [9.17, 15) is 4.39 Å². The highest BCUT2D eigenvalue weighted by molar-refractivity contribution is 5.19. The van der Waals surface area contributed by atoms with Gasteiger partial charge in [-0.15, -0.1) is 0 Å². The predicted molar refractivity (Wildman–Crippen MR) is 92.8 cm³/mol. The van der Waals surface area contributed by atoms with Gasteiger partial charge in [0.25, 0.3) is 0 Å². The molecule has 0 radical (unpaired) electrons. The molecular weight excluding hydrogens is 321 g/mol. The average molecular weight is 347 g/mol. The first-order valence-electron chi connectivity index (χ1n) is 8.86. The second kappa shape index (κ2) is 7.62. The van der Waals surface area contributed by atoms with E-state index in [1.165, 1.54) is 12.1 Å². The number of aromatic nitrogens is 2. The first kappa shape index (κ1) is 18.0. The SMILES string of the molecule is CC(C)(C)OCCN1CCC[C@@H]1c1nc(Cc2ccc(F)cc2)no1. The van der Waals surface area contributed by atoms with E-state index >= 15 is 0 Å². The Labute approximate surface area is 148 Å². The zero-order valence-electron chi connectivity index (χ0n) is 15.2. The van der Waals surface area contributed by atoms with Gasteiger partial charge in [-0.3, -0.25) is 4.90 Å². The predicted octanol–water partition coefficient (Wildman–Crippen LogP) is 3.75. The van der Waals surface area contributed by atoms with E-state index in [1.54, 1.807) is 12.1 Å². The highest BCUT2D eigenvalue weighted by atomic mass is 19.1. The summed E-state index contributed by atoms with van der Waals surface area (Å²) in [4.78, 5) is 6.91. The lowest BCUT2D eigenvalue weighted by Gasteiger charge is -2.25. The van der Waals surface area contributed by atoms with Crippen LogP contribution in [0.2, 0.25) is 0 Å². The molecule has 1 saturated heterocycles. The molecule has 0 spiro atoms. The fraction of sp³-hybridized carbons (Fsp3) is 0.579. The Balaban J connectivity index is 1.59. The summed E-state index contributed by atoms with van der Waals surface area (Å²) in [6.45, 7) is 8.76. The molecule has 2 heterocycles. The minimum absolute atomic E-state index is 0.123. The van der Waals surface area contributed by atoms with E-state index in [4.69, 9.17) is 9.26 Å². The van der Waals surface area contributed by atoms with Crippen LogP contribution in [0.4, 0.5) is 4.39 Å². The van der Waals surface area contributed by atoms with E-state index in [0.29, 0.717) is 24.7 Å². The van der Waals surface area contributed by atoms with Gasteiger partial charge in [-0.2, -0.15) is 4.98 Å². The summed E-state index contributed by atoms with van der Waals surface area (Å²) < 4.78 is 24.3. The van der Waals surface area contributed by atoms with Crippen molar-refractivity contribution in [3.05, 3.63) is 47.4 Å². The molecule has 1 aliphatic rings. The molecule has 0 amide bonds. The largest absolute Gasteiger partial charge is 0.375 e. The van der Waals surface area contributed by atoms with Gasteiger partial charge < -0.3 is 9.26 Å². The summed E-state index contributed by atoms with van der Waals surface area (Å²) >= 11 is 0. The van der Waals surface area contributed by atoms with Gasteiger partial charge in [0.2, 0.25) is 5.89 Å². The highest BCUT2D eigenvalue weighted by Gasteiger charge is 2.30. The van der Waals surface area contributed by atoms with E-state index in [1.807, 2.05) is 0 Å². The van der Waals surface area contributed by atoms with Crippen molar-refractivity contribution in [2.24, 2.45) is 0 Å². The second-order valence-corrected chi connectivity index (χ2v) is 7.51. The maximum Gasteiger partial charge on any atom is 0.244 e. The number of rotatable bonds is 6. The Hall–Kier alpha value is -1.79. The van der Waals surface area contributed by atoms with Crippen LogP contribution in [0, 0.1) is 5.82 Å². The molecule has 6 heteroatoms. The number of nitrogens with zero attached hydrogens (tertiary/aromatic N) is 3. The van der Waals surface area contributed by atoms with Gasteiger partial charge in [0.1, 0.15) is 5.82 Å². The molecule has 1 atom stereocenters. The molecule has 1 fully saturated rings. The molecule has 0 saturated carbocycles. The minimum atomic E-state index is -0.239. The third-order valence-corrected chi connectivity index (χ3v) is 4.32. The lowest BCUT2D eigenvalue weighted by Crippen LogP contribution is -2.30. The molecule has 3 rings (SSSR count). The summed E-state index contributed by atoms with van der Waals surface area (Å²) in [6.07, 6.45) is 2.69. The summed E-state index contributed by atoms with van der Waals surface area (Å²) in [5, 5.41) is 4.09. The number of likely N-dealkylation sites (tertiary alicyclic amines) is 1. The molecule has 1 aromatic heterocycles. The highest BCUT2D eigenvalue weighted by Crippen LogP contribution is 2.30. The van der Waals surface area contributed by atoms with Crippen molar-refractivity contribution < 1.29 is 13.7 Å². The number of hydrogen-bond donors (Lipinski definition) is 0. The Bertz CT molecular complexity index is 679. The Morgan fingerprint density at radius 3 is 2.76 bits per heavy atom. The zero-order valence-corrected chi connectivity index (χ0v) is 15.2. The van der Waals surface area contributed by atoms with Gasteiger partial charge in [0.15, 0.2) is 5.82 Å². The maximum absolute atomic E-state index is 13.0. The lowest BCUT2D eigenvalue weighted by molar-refractivity contribution is -0.0155. The van der Waals surface area contributed by atoms with E-state index in [0.717, 1.165) is 31.5 Å². The van der Waals surface area contributed by atoms with E-state index < -0.39 is 0 Å². The molecule has 0 unspecified atom stereocenters. The van der Waals surface area contributed by atoms with Crippen molar-refractivity contribution in [3.63, 3.8) is 0 Å². The Kier molecular flexibility index (Phi) is 5.49. The van der Waals surface area contributed by atoms with Crippen LogP contribution in [0.15, 0.2) is 28.8 Å². The first-order chi connectivity index (χ1) is 11.9. The van der Waals surface area contributed by atoms with Gasteiger partial charge in [-0.25, -0.2) is 4.39 Å². The van der Waals surface area contributed by atoms with Gasteiger partial charge in [-0.05, 0) is 57.9 Å². The van der Waals surface area contributed by atoms with Crippen LogP contribution in [-0.4, -0.2) is 40.3 Å². The van der Waals surface area contributed by atoms with Crippen molar-refractivity contribution in [1.29, 1.82) is 0 Å². The fourth-order valence-electron chi connectivity index (χ4n) is 3.10. The number of ether oxygens (including phenoxy) is 1. The van der Waals surface area contributed by atoms with E-state index in [2.05, 4.69) is 35.8 Å². The van der Waals surface area contributed by atoms with Crippen molar-refractivity contribution in [1.82, 2.24) is 15.0 Å². The van der Waals surface area contributed by atoms with Gasteiger partial charge in [0, 0.05) is 13.0 Å². The van der Waals surface area contributed by atoms with E-state index in [-0.39, 0.29) is 17.5 Å². The standard InChI is InChI=1S/C19H26FN3O2/c1-19(2,3)24-12-11-23-10-4-5-16(23)18-21-17(22-25-18)13-14-6-8-15(20)9-7-14/h6-9,16H,4-5,10-13H2,1-3H3/t16-/m1/s1. The van der Waals surface area contributed by atoms with Crippen LogP contribution < -0.4 is 0 Å². The van der Waals surface area contributed by atoms with Crippen LogP contribution in [0.25, 0.3) is 0 Å². The molecule has 0 bridgehead atoms. The summed E-state index contributed by atoms with van der Waals surface area (Å²) in [5.41, 5.74) is 0.845. The third-order valence-electron chi connectivity index (χ3n) is 4.32. The summed E-state index contributed by atoms with van der Waals surface area (Å²) in [7, 11) is 0. The van der Waals surface area contributed by atoms with Crippen molar-refractivity contribution in [2.75, 3.05) is 19.7 Å². The number of hydrogen-bond acceptors (Lipinski definition) is 5.